The number of hydrogen-bond acceptors (Lipinski definition) is 3. The Kier molecular flexibility index (Phi) is 2.70. The third kappa shape index (κ3) is 1.83. The Morgan fingerprint density at radius 2 is 1.94 bits per heavy atom. The number of anilines is 1. The number of hydrogen-bond donors (Lipinski definition) is 0. The van der Waals surface area contributed by atoms with Crippen molar-refractivity contribution >= 4 is 5.82 Å². The molecular weight excluding hydrogens is 229 g/mol. The lowest BCUT2D eigenvalue weighted by Crippen LogP contribution is -2.32. The normalized spacial score (nSPS) is 14.4. The quantitative estimate of drug-likeness (QED) is 0.770. The molecule has 18 heavy (non-hydrogen) atoms. The fraction of sp³-hybridized carbons (Fsp3) is 0.286. The van der Waals surface area contributed by atoms with Crippen LogP contribution in [0.1, 0.15) is 16.8 Å². The molecule has 0 amide bonds. The van der Waals surface area contributed by atoms with Crippen molar-refractivity contribution in [2.75, 3.05) is 11.4 Å². The summed E-state index contributed by atoms with van der Waals surface area (Å²) < 4.78 is 14.0. The molecule has 0 unspecified atom stereocenters. The molecule has 4 heteroatoms. The molecule has 0 spiro atoms. The van der Waals surface area contributed by atoms with E-state index < -0.39 is 0 Å². The highest BCUT2D eigenvalue weighted by Crippen LogP contribution is 2.25. The molecule has 0 aliphatic carbocycles. The van der Waals surface area contributed by atoms with E-state index in [1.54, 1.807) is 6.92 Å². The summed E-state index contributed by atoms with van der Waals surface area (Å²) in [6.45, 7) is 3.17. The van der Waals surface area contributed by atoms with E-state index in [0.29, 0.717) is 18.1 Å². The summed E-state index contributed by atoms with van der Waals surface area (Å²) in [4.78, 5) is 9.92. The number of aryl methyl sites for hydroxylation is 1. The predicted octanol–water partition coefficient (Wildman–Crippen LogP) is 2.49. The molecule has 1 aliphatic heterocycles. The van der Waals surface area contributed by atoms with Crippen LogP contribution in [0.3, 0.4) is 0 Å². The summed E-state index contributed by atoms with van der Waals surface area (Å²) in [6, 6.07) is 8.29. The van der Waals surface area contributed by atoms with Crippen LogP contribution in [0.4, 0.5) is 10.2 Å². The zero-order chi connectivity index (χ0) is 12.5. The van der Waals surface area contributed by atoms with E-state index in [4.69, 9.17) is 0 Å². The zero-order valence-electron chi connectivity index (χ0n) is 10.2. The molecule has 3 nitrogen and oxygen atoms in total. The van der Waals surface area contributed by atoms with Gasteiger partial charge < -0.3 is 4.90 Å². The van der Waals surface area contributed by atoms with Crippen LogP contribution in [0.25, 0.3) is 0 Å². The van der Waals surface area contributed by atoms with Crippen molar-refractivity contribution in [1.82, 2.24) is 9.97 Å². The van der Waals surface area contributed by atoms with Gasteiger partial charge in [-0.15, -0.1) is 0 Å². The van der Waals surface area contributed by atoms with Gasteiger partial charge in [-0.05, 0) is 24.5 Å². The molecule has 2 heterocycles. The summed E-state index contributed by atoms with van der Waals surface area (Å²) in [5.74, 6) is 0.105. The Balaban J connectivity index is 1.94. The number of aromatic nitrogens is 2. The van der Waals surface area contributed by atoms with Crippen LogP contribution in [-0.4, -0.2) is 16.5 Å². The first-order chi connectivity index (χ1) is 8.75. The second-order valence-corrected chi connectivity index (χ2v) is 4.54. The molecular formula is C14H14FN3. The first-order valence-corrected chi connectivity index (χ1v) is 6.04. The second kappa shape index (κ2) is 4.37. The maximum Gasteiger partial charge on any atom is 0.186 e. The van der Waals surface area contributed by atoms with Crippen LogP contribution in [-0.2, 0) is 13.0 Å². The van der Waals surface area contributed by atoms with Crippen molar-refractivity contribution in [2.45, 2.75) is 19.9 Å². The average molecular weight is 243 g/mol. The highest BCUT2D eigenvalue weighted by Gasteiger charge is 2.20. The summed E-state index contributed by atoms with van der Waals surface area (Å²) in [5.41, 5.74) is 3.00. The molecule has 0 atom stereocenters. The maximum absolute atomic E-state index is 14.0. The predicted molar refractivity (Wildman–Crippen MR) is 67.9 cm³/mol. The van der Waals surface area contributed by atoms with E-state index >= 15 is 0 Å². The monoisotopic (exact) mass is 243 g/mol. The molecule has 92 valence electrons. The van der Waals surface area contributed by atoms with Gasteiger partial charge >= 0.3 is 0 Å². The fourth-order valence-electron chi connectivity index (χ4n) is 2.34. The standard InChI is InChI=1S/C14H14FN3/c1-10-13(15)14(17-9-16-10)18-7-6-11-4-2-3-5-12(11)8-18/h2-5,9H,6-8H2,1H3. The first-order valence-electron chi connectivity index (χ1n) is 6.04. The molecule has 3 rings (SSSR count). The van der Waals surface area contributed by atoms with E-state index in [9.17, 15) is 4.39 Å². The summed E-state index contributed by atoms with van der Waals surface area (Å²) >= 11 is 0. The van der Waals surface area contributed by atoms with Crippen LogP contribution in [0.5, 0.6) is 0 Å². The lowest BCUT2D eigenvalue weighted by molar-refractivity contribution is 0.584. The van der Waals surface area contributed by atoms with Gasteiger partial charge in [0.1, 0.15) is 6.33 Å². The molecule has 0 N–H and O–H groups in total. The van der Waals surface area contributed by atoms with Crippen LogP contribution >= 0.6 is 0 Å². The van der Waals surface area contributed by atoms with Crippen LogP contribution in [0.15, 0.2) is 30.6 Å². The van der Waals surface area contributed by atoms with Gasteiger partial charge in [0.2, 0.25) is 0 Å². The highest BCUT2D eigenvalue weighted by molar-refractivity contribution is 5.45. The van der Waals surface area contributed by atoms with Crippen LogP contribution in [0.2, 0.25) is 0 Å². The van der Waals surface area contributed by atoms with Gasteiger partial charge in [0.05, 0.1) is 5.69 Å². The molecule has 0 fully saturated rings. The second-order valence-electron chi connectivity index (χ2n) is 4.54. The number of nitrogens with zero attached hydrogens (tertiary/aromatic N) is 3. The Labute approximate surface area is 105 Å². The molecule has 1 aromatic carbocycles. The van der Waals surface area contributed by atoms with E-state index in [1.807, 2.05) is 17.0 Å². The SMILES string of the molecule is Cc1ncnc(N2CCc3ccccc3C2)c1F. The minimum atomic E-state index is -0.308. The summed E-state index contributed by atoms with van der Waals surface area (Å²) in [5, 5.41) is 0. The minimum Gasteiger partial charge on any atom is -0.349 e. The average Bonchev–Trinajstić information content (AvgIpc) is 2.41. The van der Waals surface area contributed by atoms with Gasteiger partial charge in [-0.25, -0.2) is 14.4 Å². The third-order valence-electron chi connectivity index (χ3n) is 3.38. The van der Waals surface area contributed by atoms with Crippen molar-refractivity contribution in [3.05, 3.63) is 53.2 Å². The Bertz CT molecular complexity index is 583. The highest BCUT2D eigenvalue weighted by atomic mass is 19.1. The molecule has 0 bridgehead atoms. The number of benzene rings is 1. The van der Waals surface area contributed by atoms with Gasteiger partial charge in [0.25, 0.3) is 0 Å². The van der Waals surface area contributed by atoms with Crippen molar-refractivity contribution in [3.63, 3.8) is 0 Å². The minimum absolute atomic E-state index is 0.308. The molecule has 1 aliphatic rings. The third-order valence-corrected chi connectivity index (χ3v) is 3.38. The van der Waals surface area contributed by atoms with Crippen molar-refractivity contribution < 1.29 is 4.39 Å². The summed E-state index contributed by atoms with van der Waals surface area (Å²) in [6.07, 6.45) is 2.35. The van der Waals surface area contributed by atoms with Gasteiger partial charge in [-0.2, -0.15) is 0 Å². The first kappa shape index (κ1) is 11.1. The molecule has 0 saturated heterocycles. The number of rotatable bonds is 1. The number of fused-ring (bicyclic) bond motifs is 1. The smallest absolute Gasteiger partial charge is 0.186 e. The Hall–Kier alpha value is -1.97. The molecule has 2 aromatic rings. The topological polar surface area (TPSA) is 29.0 Å². The van der Waals surface area contributed by atoms with Crippen LogP contribution in [0, 0.1) is 12.7 Å². The van der Waals surface area contributed by atoms with Gasteiger partial charge in [0, 0.05) is 13.1 Å². The van der Waals surface area contributed by atoms with Crippen molar-refractivity contribution in [2.24, 2.45) is 0 Å². The summed E-state index contributed by atoms with van der Waals surface area (Å²) in [7, 11) is 0. The zero-order valence-corrected chi connectivity index (χ0v) is 10.2. The Morgan fingerprint density at radius 1 is 1.17 bits per heavy atom. The van der Waals surface area contributed by atoms with Gasteiger partial charge in [-0.1, -0.05) is 24.3 Å². The van der Waals surface area contributed by atoms with Gasteiger partial charge in [-0.3, -0.25) is 0 Å². The lowest BCUT2D eigenvalue weighted by Gasteiger charge is -2.29. The fourth-order valence-corrected chi connectivity index (χ4v) is 2.34. The van der Waals surface area contributed by atoms with Gasteiger partial charge in [0.15, 0.2) is 11.6 Å². The van der Waals surface area contributed by atoms with E-state index in [-0.39, 0.29) is 5.82 Å². The molecule has 0 radical (unpaired) electrons. The van der Waals surface area contributed by atoms with Crippen molar-refractivity contribution in [3.8, 4) is 0 Å². The maximum atomic E-state index is 14.0. The van der Waals surface area contributed by atoms with E-state index in [2.05, 4.69) is 22.1 Å². The Morgan fingerprint density at radius 3 is 2.78 bits per heavy atom. The number of halogens is 1. The largest absolute Gasteiger partial charge is 0.349 e. The van der Waals surface area contributed by atoms with Crippen LogP contribution < -0.4 is 4.90 Å². The molecule has 1 aromatic heterocycles. The van der Waals surface area contributed by atoms with E-state index in [0.717, 1.165) is 13.0 Å². The molecule has 0 saturated carbocycles. The van der Waals surface area contributed by atoms with E-state index in [1.165, 1.54) is 17.5 Å². The lowest BCUT2D eigenvalue weighted by atomic mass is 10.00. The van der Waals surface area contributed by atoms with Crippen molar-refractivity contribution in [1.29, 1.82) is 0 Å².